The molecule has 0 aliphatic rings. The van der Waals surface area contributed by atoms with E-state index in [0.717, 1.165) is 37.7 Å². The van der Waals surface area contributed by atoms with E-state index in [0.29, 0.717) is 0 Å². The number of anilines is 1. The van der Waals surface area contributed by atoms with Gasteiger partial charge in [-0.25, -0.2) is 0 Å². The van der Waals surface area contributed by atoms with Crippen molar-refractivity contribution in [3.05, 3.63) is 23.8 Å². The van der Waals surface area contributed by atoms with Crippen LogP contribution in [0.3, 0.4) is 0 Å². The van der Waals surface area contributed by atoms with Crippen LogP contribution in [0.4, 0.5) is 5.69 Å². The van der Waals surface area contributed by atoms with Crippen molar-refractivity contribution in [2.45, 2.75) is 18.2 Å². The molecule has 0 amide bonds. The molecule has 1 aromatic carbocycles. The number of hydrogen-bond donors (Lipinski definition) is 1. The molecule has 96 valence electrons. The third-order valence-electron chi connectivity index (χ3n) is 2.32. The van der Waals surface area contributed by atoms with Gasteiger partial charge >= 0.3 is 0 Å². The Labute approximate surface area is 108 Å². The van der Waals surface area contributed by atoms with Gasteiger partial charge in [-0.1, -0.05) is 0 Å². The normalized spacial score (nSPS) is 10.7. The summed E-state index contributed by atoms with van der Waals surface area (Å²) in [5, 5.41) is 0. The Morgan fingerprint density at radius 2 is 2.06 bits per heavy atom. The number of thioether (sulfide) groups is 1. The number of hydrogen-bond acceptors (Lipinski definition) is 4. The highest BCUT2D eigenvalue weighted by Crippen LogP contribution is 2.23. The van der Waals surface area contributed by atoms with Crippen LogP contribution >= 0.6 is 11.8 Å². The van der Waals surface area contributed by atoms with Gasteiger partial charge in [-0.3, -0.25) is 0 Å². The SMILES string of the molecule is COCCCOCCSc1ccc(N)cc1C. The van der Waals surface area contributed by atoms with Crippen molar-refractivity contribution >= 4 is 17.4 Å². The summed E-state index contributed by atoms with van der Waals surface area (Å²) in [6.07, 6.45) is 0.960. The van der Waals surface area contributed by atoms with Crippen LogP contribution in [0, 0.1) is 6.92 Å². The lowest BCUT2D eigenvalue weighted by atomic mass is 10.2. The molecule has 1 aromatic rings. The fourth-order valence-electron chi connectivity index (χ4n) is 1.45. The molecule has 0 unspecified atom stereocenters. The van der Waals surface area contributed by atoms with Gasteiger partial charge in [0.15, 0.2) is 0 Å². The van der Waals surface area contributed by atoms with Gasteiger partial charge in [0.1, 0.15) is 0 Å². The van der Waals surface area contributed by atoms with Crippen LogP contribution in [-0.4, -0.2) is 32.7 Å². The molecule has 0 aromatic heterocycles. The first-order valence-corrected chi connectivity index (χ1v) is 6.78. The second-order valence-corrected chi connectivity index (χ2v) is 4.97. The molecule has 2 N–H and O–H groups in total. The van der Waals surface area contributed by atoms with E-state index in [4.69, 9.17) is 15.2 Å². The van der Waals surface area contributed by atoms with E-state index >= 15 is 0 Å². The van der Waals surface area contributed by atoms with Crippen molar-refractivity contribution < 1.29 is 9.47 Å². The predicted octanol–water partition coefficient (Wildman–Crippen LogP) is 2.72. The zero-order valence-electron chi connectivity index (χ0n) is 10.6. The standard InChI is InChI=1S/C13H21NO2S/c1-11-10-12(14)4-5-13(11)17-9-8-16-7-3-6-15-2/h4-5,10H,3,6-9,14H2,1-2H3. The lowest BCUT2D eigenvalue weighted by Gasteiger charge is -2.07. The van der Waals surface area contributed by atoms with E-state index in [1.165, 1.54) is 10.5 Å². The summed E-state index contributed by atoms with van der Waals surface area (Å²) < 4.78 is 10.4. The number of methoxy groups -OCH3 is 1. The molecule has 0 spiro atoms. The third kappa shape index (κ3) is 5.96. The second kappa shape index (κ2) is 8.39. The lowest BCUT2D eigenvalue weighted by Crippen LogP contribution is -2.02. The van der Waals surface area contributed by atoms with Crippen molar-refractivity contribution in [3.63, 3.8) is 0 Å². The molecule has 0 aliphatic heterocycles. The maximum atomic E-state index is 5.70. The number of nitrogen functional groups attached to an aromatic ring is 1. The molecule has 3 nitrogen and oxygen atoms in total. The Balaban J connectivity index is 2.14. The summed E-state index contributed by atoms with van der Waals surface area (Å²) in [5.74, 6) is 0.970. The average Bonchev–Trinajstić information content (AvgIpc) is 2.30. The van der Waals surface area contributed by atoms with Gasteiger partial charge in [-0.05, 0) is 37.1 Å². The van der Waals surface area contributed by atoms with E-state index in [9.17, 15) is 0 Å². The Kier molecular flexibility index (Phi) is 7.08. The molecule has 4 heteroatoms. The first-order chi connectivity index (χ1) is 8.24. The molecular formula is C13H21NO2S. The minimum atomic E-state index is 0.768. The molecule has 0 heterocycles. The average molecular weight is 255 g/mol. The molecule has 0 aliphatic carbocycles. The fraction of sp³-hybridized carbons (Fsp3) is 0.538. The zero-order chi connectivity index (χ0) is 12.5. The molecule has 1 rings (SSSR count). The van der Waals surface area contributed by atoms with Crippen LogP contribution in [0.1, 0.15) is 12.0 Å². The summed E-state index contributed by atoms with van der Waals surface area (Å²) in [6, 6.07) is 6.01. The summed E-state index contributed by atoms with van der Waals surface area (Å²) in [4.78, 5) is 1.28. The molecule has 0 saturated heterocycles. The minimum absolute atomic E-state index is 0.768. The molecule has 0 radical (unpaired) electrons. The fourth-order valence-corrected chi connectivity index (χ4v) is 2.32. The Bertz CT molecular complexity index is 331. The highest BCUT2D eigenvalue weighted by molar-refractivity contribution is 7.99. The molecule has 0 fully saturated rings. The van der Waals surface area contributed by atoms with Gasteiger partial charge in [-0.2, -0.15) is 0 Å². The van der Waals surface area contributed by atoms with Crippen molar-refractivity contribution in [2.75, 3.05) is 38.4 Å². The van der Waals surface area contributed by atoms with Gasteiger partial charge in [-0.15, -0.1) is 11.8 Å². The summed E-state index contributed by atoms with van der Waals surface area (Å²) in [7, 11) is 1.71. The Morgan fingerprint density at radius 3 is 2.76 bits per heavy atom. The van der Waals surface area contributed by atoms with Crippen LogP contribution in [-0.2, 0) is 9.47 Å². The van der Waals surface area contributed by atoms with Crippen LogP contribution in [0.15, 0.2) is 23.1 Å². The zero-order valence-corrected chi connectivity index (χ0v) is 11.4. The lowest BCUT2D eigenvalue weighted by molar-refractivity contribution is 0.113. The van der Waals surface area contributed by atoms with Crippen molar-refractivity contribution in [1.82, 2.24) is 0 Å². The third-order valence-corrected chi connectivity index (χ3v) is 3.46. The van der Waals surface area contributed by atoms with E-state index in [-0.39, 0.29) is 0 Å². The van der Waals surface area contributed by atoms with Gasteiger partial charge in [0.25, 0.3) is 0 Å². The van der Waals surface area contributed by atoms with E-state index in [1.54, 1.807) is 7.11 Å². The minimum Gasteiger partial charge on any atom is -0.399 e. The maximum absolute atomic E-state index is 5.70. The monoisotopic (exact) mass is 255 g/mol. The van der Waals surface area contributed by atoms with Gasteiger partial charge in [0, 0.05) is 36.7 Å². The van der Waals surface area contributed by atoms with Gasteiger partial charge < -0.3 is 15.2 Å². The summed E-state index contributed by atoms with van der Waals surface area (Å²) >= 11 is 1.81. The van der Waals surface area contributed by atoms with Crippen molar-refractivity contribution in [2.24, 2.45) is 0 Å². The highest BCUT2D eigenvalue weighted by Gasteiger charge is 1.99. The smallest absolute Gasteiger partial charge is 0.0560 e. The van der Waals surface area contributed by atoms with Gasteiger partial charge in [0.2, 0.25) is 0 Å². The quantitative estimate of drug-likeness (QED) is 0.441. The number of nitrogens with two attached hydrogens (primary N) is 1. The van der Waals surface area contributed by atoms with Crippen LogP contribution in [0.25, 0.3) is 0 Å². The molecule has 0 atom stereocenters. The topological polar surface area (TPSA) is 44.5 Å². The first-order valence-electron chi connectivity index (χ1n) is 5.79. The second-order valence-electron chi connectivity index (χ2n) is 3.83. The van der Waals surface area contributed by atoms with Crippen molar-refractivity contribution in [1.29, 1.82) is 0 Å². The van der Waals surface area contributed by atoms with Crippen LogP contribution in [0.5, 0.6) is 0 Å². The molecule has 0 saturated carbocycles. The van der Waals surface area contributed by atoms with Crippen molar-refractivity contribution in [3.8, 4) is 0 Å². The molecule has 0 bridgehead atoms. The van der Waals surface area contributed by atoms with E-state index in [2.05, 4.69) is 13.0 Å². The number of benzene rings is 1. The highest BCUT2D eigenvalue weighted by atomic mass is 32.2. The van der Waals surface area contributed by atoms with E-state index in [1.807, 2.05) is 23.9 Å². The van der Waals surface area contributed by atoms with Crippen LogP contribution in [0.2, 0.25) is 0 Å². The van der Waals surface area contributed by atoms with Gasteiger partial charge in [0.05, 0.1) is 6.61 Å². The molecule has 17 heavy (non-hydrogen) atoms. The number of aryl methyl sites for hydroxylation is 1. The number of ether oxygens (including phenoxy) is 2. The molecular weight excluding hydrogens is 234 g/mol. The number of rotatable bonds is 8. The van der Waals surface area contributed by atoms with Crippen LogP contribution < -0.4 is 5.73 Å². The summed E-state index contributed by atoms with van der Waals surface area (Å²) in [6.45, 7) is 4.40. The predicted molar refractivity (Wildman–Crippen MR) is 73.6 cm³/mol. The Hall–Kier alpha value is -0.710. The summed E-state index contributed by atoms with van der Waals surface area (Å²) in [5.41, 5.74) is 7.76. The first kappa shape index (κ1) is 14.4. The largest absolute Gasteiger partial charge is 0.399 e. The Morgan fingerprint density at radius 1 is 1.24 bits per heavy atom. The van der Waals surface area contributed by atoms with E-state index < -0.39 is 0 Å². The maximum Gasteiger partial charge on any atom is 0.0560 e.